The molecule has 3 aromatic rings. The molecule has 39 heavy (non-hydrogen) atoms. The van der Waals surface area contributed by atoms with E-state index in [1.165, 1.54) is 11.1 Å². The summed E-state index contributed by atoms with van der Waals surface area (Å²) in [5, 5.41) is 8.99. The third-order valence-electron chi connectivity index (χ3n) is 7.10. The van der Waals surface area contributed by atoms with E-state index in [1.807, 2.05) is 60.7 Å². The highest BCUT2D eigenvalue weighted by Gasteiger charge is 2.52. The summed E-state index contributed by atoms with van der Waals surface area (Å²) < 4.78 is 13.0. The number of benzene rings is 3. The number of aliphatic hydroxyl groups excluding tert-OH is 1. The highest BCUT2D eigenvalue weighted by Crippen LogP contribution is 2.43. The Morgan fingerprint density at radius 2 is 1.79 bits per heavy atom. The molecule has 0 radical (unpaired) electrons. The summed E-state index contributed by atoms with van der Waals surface area (Å²) in [6.07, 6.45) is 3.61. The van der Waals surface area contributed by atoms with Crippen LogP contribution in [0.4, 0.5) is 0 Å². The van der Waals surface area contributed by atoms with E-state index in [9.17, 15) is 4.79 Å². The molecule has 202 valence electrons. The monoisotopic (exact) mass is 589 g/mol. The standard InChI is InChI=1S/C31H32BrN3O4/c1-2-16-31(30(37)35-34-26-19-23-6-3-4-7-24(23)20-26)28(21-8-12-25(32)13-9-21)39-29(33-31)22-10-14-27(15-11-22)38-18-5-17-36/h2-4,6-15,26,28,34,36H,1,5,16-20H2,(H,35,37)/t28-,31-/m0/s1. The number of hydrogen-bond acceptors (Lipinski definition) is 6. The molecule has 5 rings (SSSR count). The van der Waals surface area contributed by atoms with Crippen molar-refractivity contribution in [2.45, 2.75) is 43.4 Å². The maximum atomic E-state index is 14.0. The quantitative estimate of drug-likeness (QED) is 0.169. The SMILES string of the molecule is C=CC[C@]1(C(=O)NNC2Cc3ccccc3C2)N=C(c2ccc(OCCCO)cc2)O[C@H]1c1ccc(Br)cc1. The average Bonchev–Trinajstić information content (AvgIpc) is 3.55. The number of amides is 1. The van der Waals surface area contributed by atoms with E-state index in [-0.39, 0.29) is 25.0 Å². The number of fused-ring (bicyclic) bond motifs is 1. The van der Waals surface area contributed by atoms with Crippen molar-refractivity contribution < 1.29 is 19.4 Å². The Balaban J connectivity index is 1.40. The Labute approximate surface area is 237 Å². The largest absolute Gasteiger partial charge is 0.494 e. The molecule has 8 heteroatoms. The summed E-state index contributed by atoms with van der Waals surface area (Å²) in [6, 6.07) is 23.6. The molecular formula is C31H32BrN3O4. The van der Waals surface area contributed by atoms with Crippen molar-refractivity contribution in [1.82, 2.24) is 10.9 Å². The van der Waals surface area contributed by atoms with Crippen molar-refractivity contribution in [2.75, 3.05) is 13.2 Å². The molecule has 7 nitrogen and oxygen atoms in total. The Hall–Kier alpha value is -3.46. The highest BCUT2D eigenvalue weighted by molar-refractivity contribution is 9.10. The van der Waals surface area contributed by atoms with Gasteiger partial charge in [-0.1, -0.05) is 58.4 Å². The first-order valence-electron chi connectivity index (χ1n) is 13.1. The van der Waals surface area contributed by atoms with Crippen LogP contribution in [0, 0.1) is 0 Å². The summed E-state index contributed by atoms with van der Waals surface area (Å²) in [5.41, 5.74) is 9.15. The minimum Gasteiger partial charge on any atom is -0.494 e. The van der Waals surface area contributed by atoms with Gasteiger partial charge in [-0.25, -0.2) is 10.4 Å². The van der Waals surface area contributed by atoms with Gasteiger partial charge in [-0.3, -0.25) is 10.2 Å². The maximum absolute atomic E-state index is 14.0. The zero-order valence-corrected chi connectivity index (χ0v) is 23.2. The van der Waals surface area contributed by atoms with Gasteiger partial charge in [-0.2, -0.15) is 0 Å². The van der Waals surface area contributed by atoms with Crippen LogP contribution in [0.15, 0.2) is 94.9 Å². The summed E-state index contributed by atoms with van der Waals surface area (Å²) in [6.45, 7) is 4.45. The Kier molecular flexibility index (Phi) is 8.45. The lowest BCUT2D eigenvalue weighted by atomic mass is 9.84. The van der Waals surface area contributed by atoms with Crippen molar-refractivity contribution in [2.24, 2.45) is 4.99 Å². The molecule has 1 aliphatic heterocycles. The lowest BCUT2D eigenvalue weighted by Crippen LogP contribution is -2.55. The highest BCUT2D eigenvalue weighted by atomic mass is 79.9. The van der Waals surface area contributed by atoms with Crippen LogP contribution in [0.25, 0.3) is 0 Å². The first-order chi connectivity index (χ1) is 19.0. The summed E-state index contributed by atoms with van der Waals surface area (Å²) in [4.78, 5) is 18.9. The van der Waals surface area contributed by atoms with Crippen LogP contribution < -0.4 is 15.6 Å². The van der Waals surface area contributed by atoms with Gasteiger partial charge in [-0.15, -0.1) is 6.58 Å². The Bertz CT molecular complexity index is 1320. The molecule has 1 amide bonds. The fourth-order valence-corrected chi connectivity index (χ4v) is 5.37. The van der Waals surface area contributed by atoms with Gasteiger partial charge < -0.3 is 14.6 Å². The van der Waals surface area contributed by atoms with Gasteiger partial charge in [0, 0.05) is 35.5 Å². The molecule has 0 spiro atoms. The second-order valence-electron chi connectivity index (χ2n) is 9.81. The third kappa shape index (κ3) is 5.93. The molecule has 2 atom stereocenters. The fourth-order valence-electron chi connectivity index (χ4n) is 5.11. The first kappa shape index (κ1) is 27.1. The van der Waals surface area contributed by atoms with E-state index in [0.29, 0.717) is 24.7 Å². The van der Waals surface area contributed by atoms with Gasteiger partial charge in [-0.05, 0) is 65.9 Å². The molecule has 0 fully saturated rings. The van der Waals surface area contributed by atoms with Crippen molar-refractivity contribution in [3.05, 3.63) is 112 Å². The van der Waals surface area contributed by atoms with Crippen molar-refractivity contribution >= 4 is 27.7 Å². The summed E-state index contributed by atoms with van der Waals surface area (Å²) in [5.74, 6) is 0.799. The van der Waals surface area contributed by atoms with Crippen LogP contribution in [0.1, 0.15) is 41.2 Å². The minimum absolute atomic E-state index is 0.0795. The van der Waals surface area contributed by atoms with Crippen molar-refractivity contribution in [1.29, 1.82) is 0 Å². The fraction of sp³-hybridized carbons (Fsp3) is 0.290. The predicted molar refractivity (Wildman–Crippen MR) is 155 cm³/mol. The van der Waals surface area contributed by atoms with Crippen molar-refractivity contribution in [3.8, 4) is 5.75 Å². The molecule has 1 aliphatic carbocycles. The number of hydrogen-bond donors (Lipinski definition) is 3. The number of rotatable bonds is 11. The Morgan fingerprint density at radius 1 is 1.10 bits per heavy atom. The number of hydrazine groups is 1. The number of carbonyl (C=O) groups is 1. The number of carbonyl (C=O) groups excluding carboxylic acids is 1. The van der Waals surface area contributed by atoms with Gasteiger partial charge >= 0.3 is 0 Å². The lowest BCUT2D eigenvalue weighted by molar-refractivity contribution is -0.130. The summed E-state index contributed by atoms with van der Waals surface area (Å²) >= 11 is 3.49. The maximum Gasteiger partial charge on any atom is 0.266 e. The molecule has 2 aliphatic rings. The topological polar surface area (TPSA) is 92.2 Å². The van der Waals surface area contributed by atoms with Gasteiger partial charge in [0.2, 0.25) is 5.90 Å². The summed E-state index contributed by atoms with van der Waals surface area (Å²) in [7, 11) is 0. The normalized spacial score (nSPS) is 20.2. The van der Waals surface area contributed by atoms with Crippen LogP contribution in [-0.2, 0) is 22.4 Å². The van der Waals surface area contributed by atoms with E-state index >= 15 is 0 Å². The second-order valence-corrected chi connectivity index (χ2v) is 10.7. The number of ether oxygens (including phenoxy) is 2. The van der Waals surface area contributed by atoms with E-state index in [2.05, 4.69) is 45.5 Å². The third-order valence-corrected chi connectivity index (χ3v) is 7.63. The van der Waals surface area contributed by atoms with E-state index in [0.717, 1.165) is 28.4 Å². The number of nitrogens with zero attached hydrogens (tertiary/aromatic N) is 1. The van der Waals surface area contributed by atoms with Gasteiger partial charge in [0.05, 0.1) is 6.61 Å². The van der Waals surface area contributed by atoms with Gasteiger partial charge in [0.15, 0.2) is 11.6 Å². The van der Waals surface area contributed by atoms with Crippen molar-refractivity contribution in [3.63, 3.8) is 0 Å². The number of aliphatic hydroxyl groups is 1. The number of halogens is 1. The molecule has 3 N–H and O–H groups in total. The molecule has 0 aromatic heterocycles. The predicted octanol–water partition coefficient (Wildman–Crippen LogP) is 4.83. The van der Waals surface area contributed by atoms with Gasteiger partial charge in [0.1, 0.15) is 5.75 Å². The Morgan fingerprint density at radius 3 is 2.44 bits per heavy atom. The molecule has 1 heterocycles. The van der Waals surface area contributed by atoms with Crippen LogP contribution in [0.2, 0.25) is 0 Å². The molecule has 0 bridgehead atoms. The van der Waals surface area contributed by atoms with E-state index in [4.69, 9.17) is 19.6 Å². The molecule has 0 saturated carbocycles. The number of nitrogens with one attached hydrogen (secondary N) is 2. The molecular weight excluding hydrogens is 558 g/mol. The molecule has 3 aromatic carbocycles. The zero-order valence-electron chi connectivity index (χ0n) is 21.6. The molecule has 0 unspecified atom stereocenters. The van der Waals surface area contributed by atoms with Crippen LogP contribution in [0.5, 0.6) is 5.75 Å². The minimum atomic E-state index is -1.25. The van der Waals surface area contributed by atoms with Crippen LogP contribution >= 0.6 is 15.9 Å². The van der Waals surface area contributed by atoms with Crippen LogP contribution in [0.3, 0.4) is 0 Å². The van der Waals surface area contributed by atoms with Crippen LogP contribution in [-0.4, -0.2) is 41.7 Å². The molecule has 0 saturated heterocycles. The number of aliphatic imine (C=N–C) groups is 1. The average molecular weight is 591 g/mol. The second kappa shape index (κ2) is 12.2. The smallest absolute Gasteiger partial charge is 0.266 e. The van der Waals surface area contributed by atoms with Gasteiger partial charge in [0.25, 0.3) is 5.91 Å². The van der Waals surface area contributed by atoms with E-state index < -0.39 is 11.6 Å². The zero-order chi connectivity index (χ0) is 27.2. The van der Waals surface area contributed by atoms with E-state index in [1.54, 1.807) is 6.08 Å². The lowest BCUT2D eigenvalue weighted by Gasteiger charge is -2.30. The first-order valence-corrected chi connectivity index (χ1v) is 13.9.